The average molecular weight is 341 g/mol. The molecule has 0 atom stereocenters. The minimum absolute atomic E-state index is 0.298. The molecule has 1 aromatic carbocycles. The van der Waals surface area contributed by atoms with E-state index in [1.54, 1.807) is 0 Å². The van der Waals surface area contributed by atoms with Crippen LogP contribution in [0.15, 0.2) is 36.5 Å². The molecule has 0 amide bonds. The normalized spacial score (nSPS) is 19.8. The number of pyridine rings is 1. The molecule has 0 spiro atoms. The van der Waals surface area contributed by atoms with E-state index in [4.69, 9.17) is 4.74 Å². The molecule has 1 fully saturated rings. The van der Waals surface area contributed by atoms with Gasteiger partial charge in [-0.05, 0) is 62.3 Å². The van der Waals surface area contributed by atoms with Crippen molar-refractivity contribution in [3.63, 3.8) is 0 Å². The van der Waals surface area contributed by atoms with Gasteiger partial charge in [0.15, 0.2) is 5.82 Å². The molecule has 0 bridgehead atoms. The van der Waals surface area contributed by atoms with Crippen LogP contribution in [-0.4, -0.2) is 11.6 Å². The topological polar surface area (TPSA) is 22.1 Å². The Morgan fingerprint density at radius 1 is 1.12 bits per heavy atom. The highest BCUT2D eigenvalue weighted by Crippen LogP contribution is 2.36. The van der Waals surface area contributed by atoms with Crippen molar-refractivity contribution in [3.05, 3.63) is 59.4 Å². The molecule has 0 radical (unpaired) electrons. The summed E-state index contributed by atoms with van der Waals surface area (Å²) < 4.78 is 31.5. The summed E-state index contributed by atoms with van der Waals surface area (Å²) in [5.74, 6) is 5.83. The van der Waals surface area contributed by atoms with Gasteiger partial charge in [0.25, 0.3) is 0 Å². The van der Waals surface area contributed by atoms with Crippen molar-refractivity contribution in [2.24, 2.45) is 5.92 Å². The first-order chi connectivity index (χ1) is 12.2. The summed E-state index contributed by atoms with van der Waals surface area (Å²) in [6.45, 7) is 2.66. The summed E-state index contributed by atoms with van der Waals surface area (Å²) in [7, 11) is 0. The van der Waals surface area contributed by atoms with Crippen LogP contribution in [0, 0.1) is 29.5 Å². The van der Waals surface area contributed by atoms with Crippen LogP contribution in [0.1, 0.15) is 49.7 Å². The van der Waals surface area contributed by atoms with E-state index in [9.17, 15) is 8.78 Å². The first-order valence-electron chi connectivity index (χ1n) is 8.71. The van der Waals surface area contributed by atoms with Gasteiger partial charge in [-0.25, -0.2) is 9.37 Å². The lowest BCUT2D eigenvalue weighted by atomic mass is 9.79. The van der Waals surface area contributed by atoms with E-state index in [0.29, 0.717) is 24.0 Å². The van der Waals surface area contributed by atoms with E-state index in [0.717, 1.165) is 37.5 Å². The van der Waals surface area contributed by atoms with Crippen molar-refractivity contribution in [3.8, 4) is 17.6 Å². The Balaban J connectivity index is 1.56. The van der Waals surface area contributed by atoms with Gasteiger partial charge < -0.3 is 4.74 Å². The van der Waals surface area contributed by atoms with Crippen LogP contribution in [0.3, 0.4) is 0 Å². The van der Waals surface area contributed by atoms with Gasteiger partial charge in [-0.3, -0.25) is 0 Å². The predicted octanol–water partition coefficient (Wildman–Crippen LogP) is 5.08. The fourth-order valence-electron chi connectivity index (χ4n) is 3.25. The van der Waals surface area contributed by atoms with Crippen LogP contribution in [0.4, 0.5) is 8.78 Å². The molecular formula is C21H21F2NO. The number of benzene rings is 1. The molecule has 1 saturated carbocycles. The molecule has 25 heavy (non-hydrogen) atoms. The van der Waals surface area contributed by atoms with Crippen LogP contribution < -0.4 is 4.74 Å². The van der Waals surface area contributed by atoms with Crippen molar-refractivity contribution in [1.29, 1.82) is 0 Å². The number of aromatic nitrogens is 1. The van der Waals surface area contributed by atoms with Gasteiger partial charge in [0, 0.05) is 17.7 Å². The molecule has 2 nitrogen and oxygen atoms in total. The van der Waals surface area contributed by atoms with Crippen molar-refractivity contribution in [2.45, 2.75) is 38.5 Å². The number of ether oxygens (including phenoxy) is 1. The Morgan fingerprint density at radius 2 is 1.84 bits per heavy atom. The van der Waals surface area contributed by atoms with E-state index >= 15 is 0 Å². The fraction of sp³-hybridized carbons (Fsp3) is 0.381. The Kier molecular flexibility index (Phi) is 5.65. The quantitative estimate of drug-likeness (QED) is 0.573. The summed E-state index contributed by atoms with van der Waals surface area (Å²) in [6.07, 6.45) is 5.48. The molecule has 1 aliphatic carbocycles. The first-order valence-corrected chi connectivity index (χ1v) is 8.71. The standard InChI is InChI=1S/C21H21F2NO/c1-2-25-19-11-9-18(10-12-19)17-7-5-15(6-8-17)3-4-16-13-20(22)21(23)24-14-16/h9-15,17H,2,5-8H2,1H3/t15-,17-. The van der Waals surface area contributed by atoms with Crippen molar-refractivity contribution in [2.75, 3.05) is 6.61 Å². The second-order valence-corrected chi connectivity index (χ2v) is 6.32. The number of hydrogen-bond acceptors (Lipinski definition) is 2. The molecule has 1 heterocycles. The monoisotopic (exact) mass is 341 g/mol. The molecule has 0 N–H and O–H groups in total. The van der Waals surface area contributed by atoms with Gasteiger partial charge in [0.2, 0.25) is 5.95 Å². The van der Waals surface area contributed by atoms with Gasteiger partial charge in [0.05, 0.1) is 6.61 Å². The second kappa shape index (κ2) is 8.11. The highest BCUT2D eigenvalue weighted by atomic mass is 19.2. The third kappa shape index (κ3) is 4.57. The zero-order chi connectivity index (χ0) is 17.6. The van der Waals surface area contributed by atoms with E-state index in [1.165, 1.54) is 11.8 Å². The lowest BCUT2D eigenvalue weighted by Crippen LogP contribution is -2.12. The van der Waals surface area contributed by atoms with Gasteiger partial charge in [-0.2, -0.15) is 4.39 Å². The molecule has 1 aliphatic rings. The highest BCUT2D eigenvalue weighted by molar-refractivity contribution is 5.33. The minimum Gasteiger partial charge on any atom is -0.494 e. The van der Waals surface area contributed by atoms with E-state index in [2.05, 4.69) is 29.0 Å². The number of halogens is 2. The van der Waals surface area contributed by atoms with Crippen LogP contribution in [-0.2, 0) is 0 Å². The Bertz CT molecular complexity index is 769. The summed E-state index contributed by atoms with van der Waals surface area (Å²) in [6, 6.07) is 9.45. The predicted molar refractivity (Wildman–Crippen MR) is 93.3 cm³/mol. The first kappa shape index (κ1) is 17.4. The van der Waals surface area contributed by atoms with Gasteiger partial charge in [-0.15, -0.1) is 0 Å². The fourth-order valence-corrected chi connectivity index (χ4v) is 3.25. The Hall–Kier alpha value is -2.41. The zero-order valence-corrected chi connectivity index (χ0v) is 14.3. The maximum atomic E-state index is 13.1. The lowest BCUT2D eigenvalue weighted by molar-refractivity contribution is 0.339. The number of hydrogen-bond donors (Lipinski definition) is 0. The largest absolute Gasteiger partial charge is 0.494 e. The Labute approximate surface area is 147 Å². The second-order valence-electron chi connectivity index (χ2n) is 6.32. The van der Waals surface area contributed by atoms with Crippen LogP contribution >= 0.6 is 0 Å². The maximum absolute atomic E-state index is 13.1. The molecule has 2 aromatic rings. The van der Waals surface area contributed by atoms with Gasteiger partial charge in [-0.1, -0.05) is 24.0 Å². The van der Waals surface area contributed by atoms with Crippen LogP contribution in [0.5, 0.6) is 5.75 Å². The minimum atomic E-state index is -1.08. The van der Waals surface area contributed by atoms with Gasteiger partial charge >= 0.3 is 0 Å². The van der Waals surface area contributed by atoms with Gasteiger partial charge in [0.1, 0.15) is 5.75 Å². The SMILES string of the molecule is CCOc1ccc([C@H]2CC[C@H](C#Cc3cnc(F)c(F)c3)CC2)cc1. The lowest BCUT2D eigenvalue weighted by Gasteiger charge is -2.26. The molecular weight excluding hydrogens is 320 g/mol. The van der Waals surface area contributed by atoms with Crippen molar-refractivity contribution >= 4 is 0 Å². The third-order valence-corrected chi connectivity index (χ3v) is 4.61. The molecule has 4 heteroatoms. The number of nitrogens with zero attached hydrogens (tertiary/aromatic N) is 1. The summed E-state index contributed by atoms with van der Waals surface area (Å²) >= 11 is 0. The molecule has 1 aromatic heterocycles. The van der Waals surface area contributed by atoms with E-state index < -0.39 is 11.8 Å². The highest BCUT2D eigenvalue weighted by Gasteiger charge is 2.21. The van der Waals surface area contributed by atoms with Crippen molar-refractivity contribution in [1.82, 2.24) is 4.98 Å². The van der Waals surface area contributed by atoms with E-state index in [1.807, 2.05) is 19.1 Å². The Morgan fingerprint density at radius 3 is 2.48 bits per heavy atom. The van der Waals surface area contributed by atoms with Crippen LogP contribution in [0.25, 0.3) is 0 Å². The summed E-state index contributed by atoms with van der Waals surface area (Å²) in [4.78, 5) is 3.36. The molecule has 0 unspecified atom stereocenters. The smallest absolute Gasteiger partial charge is 0.248 e. The summed E-state index contributed by atoms with van der Waals surface area (Å²) in [5.41, 5.74) is 1.77. The molecule has 0 aliphatic heterocycles. The third-order valence-electron chi connectivity index (χ3n) is 4.61. The average Bonchev–Trinajstić information content (AvgIpc) is 2.64. The maximum Gasteiger partial charge on any atom is 0.248 e. The molecule has 0 saturated heterocycles. The number of rotatable bonds is 3. The molecule has 3 rings (SSSR count). The molecule has 130 valence electrons. The van der Waals surface area contributed by atoms with E-state index in [-0.39, 0.29) is 0 Å². The van der Waals surface area contributed by atoms with Crippen LogP contribution in [0.2, 0.25) is 0 Å². The zero-order valence-electron chi connectivity index (χ0n) is 14.3. The summed E-state index contributed by atoms with van der Waals surface area (Å²) in [5, 5.41) is 0. The van der Waals surface area contributed by atoms with Crippen molar-refractivity contribution < 1.29 is 13.5 Å².